The number of urea groups is 1. The van der Waals surface area contributed by atoms with Crippen LogP contribution in [0.5, 0.6) is 0 Å². The van der Waals surface area contributed by atoms with E-state index >= 15 is 0 Å². The van der Waals surface area contributed by atoms with E-state index in [0.717, 1.165) is 17.7 Å². The maximum Gasteiger partial charge on any atom is 0.323 e. The van der Waals surface area contributed by atoms with Gasteiger partial charge in [0.25, 0.3) is 0 Å². The van der Waals surface area contributed by atoms with Crippen molar-refractivity contribution >= 4 is 32.7 Å². The van der Waals surface area contributed by atoms with Gasteiger partial charge in [-0.25, -0.2) is 14.2 Å². The number of thiazole rings is 1. The number of anilines is 1. The number of aryl methyl sites for hydroxylation is 1. The van der Waals surface area contributed by atoms with E-state index in [1.165, 1.54) is 17.4 Å². The molecule has 2 heterocycles. The molecule has 21 heavy (non-hydrogen) atoms. The van der Waals surface area contributed by atoms with Crippen LogP contribution in [0.2, 0.25) is 0 Å². The first-order valence-electron chi connectivity index (χ1n) is 6.71. The first-order chi connectivity index (χ1) is 10.1. The molecule has 2 aromatic rings. The Hall–Kier alpha value is -1.73. The SMILES string of the molecule is COCC1CCN1C(=O)Nc1nc2cc(F)c(C)cc2s1. The zero-order chi connectivity index (χ0) is 15.0. The highest BCUT2D eigenvalue weighted by Gasteiger charge is 2.32. The topological polar surface area (TPSA) is 54.5 Å². The first-order valence-corrected chi connectivity index (χ1v) is 7.53. The molecular formula is C14H16FN3O2S. The summed E-state index contributed by atoms with van der Waals surface area (Å²) in [6.07, 6.45) is 0.950. The zero-order valence-corrected chi connectivity index (χ0v) is 12.7. The fraction of sp³-hybridized carbons (Fsp3) is 0.429. The molecule has 0 spiro atoms. The number of carbonyl (C=O) groups excluding carboxylic acids is 1. The molecule has 0 bridgehead atoms. The lowest BCUT2D eigenvalue weighted by Crippen LogP contribution is -2.54. The van der Waals surface area contributed by atoms with Crippen LogP contribution >= 0.6 is 11.3 Å². The number of hydrogen-bond donors (Lipinski definition) is 1. The second kappa shape index (κ2) is 5.57. The zero-order valence-electron chi connectivity index (χ0n) is 11.9. The van der Waals surface area contributed by atoms with Crippen LogP contribution in [0.3, 0.4) is 0 Å². The summed E-state index contributed by atoms with van der Waals surface area (Å²) >= 11 is 1.35. The highest BCUT2D eigenvalue weighted by molar-refractivity contribution is 7.22. The average Bonchev–Trinajstić information content (AvgIpc) is 2.76. The number of methoxy groups -OCH3 is 1. The molecule has 1 N–H and O–H groups in total. The molecule has 1 aliphatic heterocycles. The highest BCUT2D eigenvalue weighted by Crippen LogP contribution is 2.29. The molecule has 5 nitrogen and oxygen atoms in total. The molecule has 112 valence electrons. The van der Waals surface area contributed by atoms with E-state index in [0.29, 0.717) is 22.8 Å². The third-order valence-electron chi connectivity index (χ3n) is 3.65. The minimum Gasteiger partial charge on any atom is -0.383 e. The number of ether oxygens (including phenoxy) is 1. The van der Waals surface area contributed by atoms with Crippen LogP contribution in [0.1, 0.15) is 12.0 Å². The Bertz CT molecular complexity index is 649. The lowest BCUT2D eigenvalue weighted by Gasteiger charge is -2.40. The lowest BCUT2D eigenvalue weighted by molar-refractivity contribution is 0.0545. The third kappa shape index (κ3) is 2.71. The average molecular weight is 309 g/mol. The van der Waals surface area contributed by atoms with Crippen molar-refractivity contribution in [1.82, 2.24) is 9.88 Å². The van der Waals surface area contributed by atoms with E-state index in [-0.39, 0.29) is 17.9 Å². The largest absolute Gasteiger partial charge is 0.383 e. The predicted molar refractivity (Wildman–Crippen MR) is 80.3 cm³/mol. The van der Waals surface area contributed by atoms with Gasteiger partial charge in [0.05, 0.1) is 22.9 Å². The van der Waals surface area contributed by atoms with Crippen molar-refractivity contribution in [3.05, 3.63) is 23.5 Å². The minimum atomic E-state index is -0.284. The molecule has 1 unspecified atom stereocenters. The summed E-state index contributed by atoms with van der Waals surface area (Å²) < 4.78 is 19.4. The van der Waals surface area contributed by atoms with Crippen molar-refractivity contribution in [2.45, 2.75) is 19.4 Å². The quantitative estimate of drug-likeness (QED) is 0.948. The van der Waals surface area contributed by atoms with Crippen LogP contribution in [-0.2, 0) is 4.74 Å². The molecule has 1 atom stereocenters. The van der Waals surface area contributed by atoms with Crippen LogP contribution in [-0.4, -0.2) is 42.2 Å². The van der Waals surface area contributed by atoms with Gasteiger partial charge in [-0.15, -0.1) is 0 Å². The lowest BCUT2D eigenvalue weighted by atomic mass is 10.1. The third-order valence-corrected chi connectivity index (χ3v) is 4.58. The van der Waals surface area contributed by atoms with Crippen molar-refractivity contribution in [2.75, 3.05) is 25.6 Å². The van der Waals surface area contributed by atoms with E-state index in [1.54, 1.807) is 25.0 Å². The number of benzene rings is 1. The molecule has 0 radical (unpaired) electrons. The standard InChI is InChI=1S/C14H16FN3O2S/c1-8-5-12-11(6-10(8)15)16-13(21-12)17-14(19)18-4-3-9(18)7-20-2/h5-6,9H,3-4,7H2,1-2H3,(H,16,17,19). The van der Waals surface area contributed by atoms with Gasteiger partial charge in [-0.2, -0.15) is 0 Å². The Morgan fingerprint density at radius 3 is 3.10 bits per heavy atom. The number of rotatable bonds is 3. The van der Waals surface area contributed by atoms with Gasteiger partial charge >= 0.3 is 6.03 Å². The van der Waals surface area contributed by atoms with E-state index < -0.39 is 0 Å². The summed E-state index contributed by atoms with van der Waals surface area (Å²) in [7, 11) is 1.62. The molecule has 1 fully saturated rings. The number of aromatic nitrogens is 1. The fourth-order valence-electron chi connectivity index (χ4n) is 2.34. The molecule has 7 heteroatoms. The number of hydrogen-bond acceptors (Lipinski definition) is 4. The van der Waals surface area contributed by atoms with Gasteiger partial charge in [0, 0.05) is 19.7 Å². The van der Waals surface area contributed by atoms with Gasteiger partial charge < -0.3 is 9.64 Å². The molecule has 3 rings (SSSR count). The summed E-state index contributed by atoms with van der Waals surface area (Å²) in [5.41, 5.74) is 1.14. The van der Waals surface area contributed by atoms with Crippen LogP contribution in [0.25, 0.3) is 10.2 Å². The summed E-state index contributed by atoms with van der Waals surface area (Å²) in [6.45, 7) is 2.97. The number of amides is 2. The predicted octanol–water partition coefficient (Wildman–Crippen LogP) is 3.00. The smallest absolute Gasteiger partial charge is 0.323 e. The number of likely N-dealkylation sites (tertiary alicyclic amines) is 1. The number of nitrogens with zero attached hydrogens (tertiary/aromatic N) is 2. The molecule has 0 aliphatic carbocycles. The summed E-state index contributed by atoms with van der Waals surface area (Å²) in [4.78, 5) is 18.1. The molecule has 1 saturated heterocycles. The fourth-order valence-corrected chi connectivity index (χ4v) is 3.28. The van der Waals surface area contributed by atoms with E-state index in [4.69, 9.17) is 4.74 Å². The maximum atomic E-state index is 13.5. The molecule has 1 aromatic heterocycles. The van der Waals surface area contributed by atoms with Gasteiger partial charge in [-0.1, -0.05) is 11.3 Å². The number of fused-ring (bicyclic) bond motifs is 1. The summed E-state index contributed by atoms with van der Waals surface area (Å²) in [5.74, 6) is -0.284. The summed E-state index contributed by atoms with van der Waals surface area (Å²) in [6, 6.07) is 3.09. The van der Waals surface area contributed by atoms with E-state index in [2.05, 4.69) is 10.3 Å². The second-order valence-corrected chi connectivity index (χ2v) is 6.14. The minimum absolute atomic E-state index is 0.129. The van der Waals surface area contributed by atoms with Crippen LogP contribution in [0.4, 0.5) is 14.3 Å². The Morgan fingerprint density at radius 2 is 2.43 bits per heavy atom. The Kier molecular flexibility index (Phi) is 3.77. The Balaban J connectivity index is 1.74. The number of nitrogens with one attached hydrogen (secondary N) is 1. The van der Waals surface area contributed by atoms with Crippen molar-refractivity contribution < 1.29 is 13.9 Å². The molecule has 1 aromatic carbocycles. The van der Waals surface area contributed by atoms with Crippen LogP contribution < -0.4 is 5.32 Å². The van der Waals surface area contributed by atoms with E-state index in [9.17, 15) is 9.18 Å². The van der Waals surface area contributed by atoms with Crippen molar-refractivity contribution in [3.8, 4) is 0 Å². The first kappa shape index (κ1) is 14.2. The monoisotopic (exact) mass is 309 g/mol. The van der Waals surface area contributed by atoms with Gasteiger partial charge in [0.15, 0.2) is 5.13 Å². The van der Waals surface area contributed by atoms with Crippen molar-refractivity contribution in [3.63, 3.8) is 0 Å². The molecular weight excluding hydrogens is 293 g/mol. The van der Waals surface area contributed by atoms with Crippen molar-refractivity contribution in [1.29, 1.82) is 0 Å². The number of halogens is 1. The van der Waals surface area contributed by atoms with Gasteiger partial charge in [-0.3, -0.25) is 5.32 Å². The van der Waals surface area contributed by atoms with Crippen LogP contribution in [0, 0.1) is 12.7 Å². The van der Waals surface area contributed by atoms with Gasteiger partial charge in [0.2, 0.25) is 0 Å². The second-order valence-electron chi connectivity index (χ2n) is 5.11. The number of carbonyl (C=O) groups is 1. The molecule has 0 saturated carbocycles. The Morgan fingerprint density at radius 1 is 1.62 bits per heavy atom. The van der Waals surface area contributed by atoms with Gasteiger partial charge in [0.1, 0.15) is 5.82 Å². The van der Waals surface area contributed by atoms with E-state index in [1.807, 2.05) is 0 Å². The Labute approximate surface area is 125 Å². The van der Waals surface area contributed by atoms with Gasteiger partial charge in [-0.05, 0) is 25.0 Å². The summed E-state index contributed by atoms with van der Waals surface area (Å²) in [5, 5.41) is 3.27. The molecule has 2 amide bonds. The normalized spacial score (nSPS) is 17.9. The highest BCUT2D eigenvalue weighted by atomic mass is 32.1. The van der Waals surface area contributed by atoms with Crippen LogP contribution in [0.15, 0.2) is 12.1 Å². The van der Waals surface area contributed by atoms with Crippen molar-refractivity contribution in [2.24, 2.45) is 0 Å². The molecule has 1 aliphatic rings. The maximum absolute atomic E-state index is 13.5.